The van der Waals surface area contributed by atoms with Crippen LogP contribution in [0.2, 0.25) is 5.02 Å². The van der Waals surface area contributed by atoms with E-state index in [1.54, 1.807) is 24.3 Å². The van der Waals surface area contributed by atoms with Crippen LogP contribution in [0.4, 0.5) is 5.69 Å². The van der Waals surface area contributed by atoms with E-state index in [2.05, 4.69) is 10.6 Å². The van der Waals surface area contributed by atoms with Gasteiger partial charge in [-0.05, 0) is 17.7 Å². The molecule has 120 valence electrons. The molecule has 0 unspecified atom stereocenters. The van der Waals surface area contributed by atoms with Crippen LogP contribution in [0, 0.1) is 0 Å². The third-order valence-electron chi connectivity index (χ3n) is 3.23. The van der Waals surface area contributed by atoms with Crippen molar-refractivity contribution in [1.82, 2.24) is 5.32 Å². The van der Waals surface area contributed by atoms with Crippen molar-refractivity contribution in [2.24, 2.45) is 0 Å². The quantitative estimate of drug-likeness (QED) is 0.728. The summed E-state index contributed by atoms with van der Waals surface area (Å²) in [6, 6.07) is 15.2. The van der Waals surface area contributed by atoms with Crippen LogP contribution in [0.3, 0.4) is 0 Å². The maximum atomic E-state index is 12.0. The normalized spacial score (nSPS) is 11.7. The zero-order chi connectivity index (χ0) is 16.7. The van der Waals surface area contributed by atoms with Gasteiger partial charge >= 0.3 is 5.97 Å². The summed E-state index contributed by atoms with van der Waals surface area (Å²) in [4.78, 5) is 23.3. The van der Waals surface area contributed by atoms with E-state index in [1.165, 1.54) is 0 Å². The molecule has 1 atom stereocenters. The maximum Gasteiger partial charge on any atom is 0.321 e. The summed E-state index contributed by atoms with van der Waals surface area (Å²) in [7, 11) is 0. The van der Waals surface area contributed by atoms with Gasteiger partial charge in [-0.15, -0.1) is 0 Å². The molecule has 0 fully saturated rings. The van der Waals surface area contributed by atoms with Gasteiger partial charge in [-0.3, -0.25) is 14.9 Å². The molecule has 2 aromatic rings. The Morgan fingerprint density at radius 2 is 1.70 bits per heavy atom. The third kappa shape index (κ3) is 5.39. The lowest BCUT2D eigenvalue weighted by molar-refractivity contribution is -0.141. The van der Waals surface area contributed by atoms with Crippen LogP contribution < -0.4 is 10.6 Å². The van der Waals surface area contributed by atoms with Gasteiger partial charge in [0.05, 0.1) is 17.1 Å². The van der Waals surface area contributed by atoms with Gasteiger partial charge in [0, 0.05) is 6.54 Å². The molecule has 3 N–H and O–H groups in total. The average Bonchev–Trinajstić information content (AvgIpc) is 2.54. The molecule has 0 bridgehead atoms. The van der Waals surface area contributed by atoms with Crippen LogP contribution in [-0.4, -0.2) is 23.0 Å². The second kappa shape index (κ2) is 8.31. The van der Waals surface area contributed by atoms with E-state index in [-0.39, 0.29) is 6.42 Å². The van der Waals surface area contributed by atoms with E-state index >= 15 is 0 Å². The van der Waals surface area contributed by atoms with Gasteiger partial charge in [-0.25, -0.2) is 0 Å². The van der Waals surface area contributed by atoms with Crippen LogP contribution in [0.25, 0.3) is 0 Å². The highest BCUT2D eigenvalue weighted by molar-refractivity contribution is 6.33. The van der Waals surface area contributed by atoms with E-state index in [1.807, 2.05) is 30.3 Å². The largest absolute Gasteiger partial charge is 0.480 e. The monoisotopic (exact) mass is 332 g/mol. The molecule has 0 aliphatic rings. The highest BCUT2D eigenvalue weighted by atomic mass is 35.5. The van der Waals surface area contributed by atoms with Crippen molar-refractivity contribution in [3.8, 4) is 0 Å². The Labute approximate surface area is 139 Å². The highest BCUT2D eigenvalue weighted by Gasteiger charge is 2.21. The van der Waals surface area contributed by atoms with E-state index in [4.69, 9.17) is 11.6 Å². The van der Waals surface area contributed by atoms with E-state index in [0.717, 1.165) is 5.56 Å². The number of aliphatic carboxylic acids is 1. The second-order valence-corrected chi connectivity index (χ2v) is 5.40. The fourth-order valence-corrected chi connectivity index (χ4v) is 2.22. The van der Waals surface area contributed by atoms with Crippen molar-refractivity contribution >= 4 is 29.2 Å². The topological polar surface area (TPSA) is 78.4 Å². The summed E-state index contributed by atoms with van der Waals surface area (Å²) in [6.07, 6.45) is -0.187. The molecule has 23 heavy (non-hydrogen) atoms. The molecule has 0 heterocycles. The van der Waals surface area contributed by atoms with Gasteiger partial charge in [0.2, 0.25) is 5.91 Å². The first-order chi connectivity index (χ1) is 11.1. The molecular weight excluding hydrogens is 316 g/mol. The van der Waals surface area contributed by atoms with Gasteiger partial charge in [-0.1, -0.05) is 54.1 Å². The lowest BCUT2D eigenvalue weighted by atomic mass is 10.1. The number of amides is 1. The van der Waals surface area contributed by atoms with Crippen molar-refractivity contribution in [1.29, 1.82) is 0 Å². The number of carboxylic acid groups (broad SMARTS) is 1. The molecule has 0 saturated heterocycles. The summed E-state index contributed by atoms with van der Waals surface area (Å²) in [5.41, 5.74) is 1.41. The van der Waals surface area contributed by atoms with Crippen molar-refractivity contribution in [2.45, 2.75) is 19.0 Å². The van der Waals surface area contributed by atoms with E-state index in [0.29, 0.717) is 17.3 Å². The highest BCUT2D eigenvalue weighted by Crippen LogP contribution is 2.20. The smallest absolute Gasteiger partial charge is 0.321 e. The molecular formula is C17H17ClN2O3. The zero-order valence-electron chi connectivity index (χ0n) is 12.3. The number of carboxylic acids is 1. The number of hydrogen-bond acceptors (Lipinski definition) is 3. The summed E-state index contributed by atoms with van der Waals surface area (Å²) in [5.74, 6) is -1.48. The maximum absolute atomic E-state index is 12.0. The number of rotatable bonds is 7. The first kappa shape index (κ1) is 17.0. The Bertz CT molecular complexity index is 677. The minimum atomic E-state index is -1.07. The second-order valence-electron chi connectivity index (χ2n) is 4.99. The fraction of sp³-hybridized carbons (Fsp3) is 0.176. The van der Waals surface area contributed by atoms with Crippen LogP contribution in [-0.2, 0) is 16.1 Å². The number of anilines is 1. The Balaban J connectivity index is 1.92. The van der Waals surface area contributed by atoms with Gasteiger partial charge in [0.25, 0.3) is 0 Å². The molecule has 6 heteroatoms. The molecule has 1 amide bonds. The summed E-state index contributed by atoms with van der Waals surface area (Å²) < 4.78 is 0. The fourth-order valence-electron chi connectivity index (χ4n) is 2.03. The number of halogens is 1. The van der Waals surface area contributed by atoms with Gasteiger partial charge in [0.1, 0.15) is 6.04 Å². The van der Waals surface area contributed by atoms with Gasteiger partial charge in [0.15, 0.2) is 0 Å². The Morgan fingerprint density at radius 1 is 1.04 bits per heavy atom. The number of benzene rings is 2. The summed E-state index contributed by atoms with van der Waals surface area (Å²) in [6.45, 7) is 0.372. The molecule has 5 nitrogen and oxygen atoms in total. The molecule has 0 aliphatic carbocycles. The lowest BCUT2D eigenvalue weighted by Gasteiger charge is -2.15. The number of carbonyl (C=O) groups excluding carboxylic acids is 1. The van der Waals surface area contributed by atoms with Crippen LogP contribution in [0.5, 0.6) is 0 Å². The first-order valence-electron chi connectivity index (χ1n) is 7.11. The van der Waals surface area contributed by atoms with Crippen molar-refractivity contribution in [2.75, 3.05) is 5.32 Å². The molecule has 2 rings (SSSR count). The average molecular weight is 333 g/mol. The van der Waals surface area contributed by atoms with Gasteiger partial charge < -0.3 is 10.4 Å². The van der Waals surface area contributed by atoms with Crippen molar-refractivity contribution < 1.29 is 14.7 Å². The van der Waals surface area contributed by atoms with Crippen molar-refractivity contribution in [3.05, 3.63) is 65.2 Å². The first-order valence-corrected chi connectivity index (χ1v) is 7.48. The Hall–Kier alpha value is -2.37. The molecule has 0 radical (unpaired) electrons. The van der Waals surface area contributed by atoms with E-state index < -0.39 is 17.9 Å². The molecule has 0 saturated carbocycles. The molecule has 2 aromatic carbocycles. The van der Waals surface area contributed by atoms with E-state index in [9.17, 15) is 14.7 Å². The minimum Gasteiger partial charge on any atom is -0.480 e. The summed E-state index contributed by atoms with van der Waals surface area (Å²) >= 11 is 5.96. The SMILES string of the molecule is O=C(C[C@@H](NCc1ccccc1)C(=O)O)Nc1ccccc1Cl. The predicted molar refractivity (Wildman–Crippen MR) is 89.4 cm³/mol. The third-order valence-corrected chi connectivity index (χ3v) is 3.56. The van der Waals surface area contributed by atoms with Gasteiger partial charge in [-0.2, -0.15) is 0 Å². The Morgan fingerprint density at radius 3 is 2.35 bits per heavy atom. The van der Waals surface area contributed by atoms with Crippen molar-refractivity contribution in [3.63, 3.8) is 0 Å². The predicted octanol–water partition coefficient (Wildman–Crippen LogP) is 2.91. The Kier molecular flexibility index (Phi) is 6.14. The number of nitrogens with one attached hydrogen (secondary N) is 2. The molecule has 0 aromatic heterocycles. The standard InChI is InChI=1S/C17H17ClN2O3/c18-13-8-4-5-9-14(13)20-16(21)10-15(17(22)23)19-11-12-6-2-1-3-7-12/h1-9,15,19H,10-11H2,(H,20,21)(H,22,23)/t15-/m1/s1. The zero-order valence-corrected chi connectivity index (χ0v) is 13.1. The summed E-state index contributed by atoms with van der Waals surface area (Å²) in [5, 5.41) is 15.2. The number of para-hydroxylation sites is 1. The molecule has 0 aliphatic heterocycles. The minimum absolute atomic E-state index is 0.187. The van der Waals surface area contributed by atoms with Crippen LogP contribution in [0.1, 0.15) is 12.0 Å². The van der Waals surface area contributed by atoms with Crippen LogP contribution >= 0.6 is 11.6 Å². The molecule has 0 spiro atoms. The number of carbonyl (C=O) groups is 2. The van der Waals surface area contributed by atoms with Crippen LogP contribution in [0.15, 0.2) is 54.6 Å². The lowest BCUT2D eigenvalue weighted by Crippen LogP contribution is -2.39. The number of hydrogen-bond donors (Lipinski definition) is 3.